The maximum atomic E-state index is 13.8. The standard InChI is InChI=1S/C35H47ClN2O7S2/c1-23-7-5-16-35(40,22-45-47(4,42)43)30-12-9-27(30)19-38-20-34(15-6-8-25-17-28(36)11-13-29(25)34)21-44-32-14-10-26(18-31(32)38)33(39)37-46(3,41)24(23)2/h10-11,13-14,17-18,23-24,27,30,40H,3,5-9,12,15-16,19-22H2,1-2,4H3,(H,37,39,41)/t23-,24+,27-,30+,34-,35-,46?/m0/s1. The monoisotopic (exact) mass is 706 g/mol. The normalized spacial score (nSPS) is 34.7. The topological polar surface area (TPSA) is 122 Å². The molecule has 12 heteroatoms. The van der Waals surface area contributed by atoms with Crippen molar-refractivity contribution in [3.05, 3.63) is 58.1 Å². The maximum Gasteiger partial charge on any atom is 0.264 e. The van der Waals surface area contributed by atoms with Crippen LogP contribution < -0.4 is 14.4 Å². The van der Waals surface area contributed by atoms with Gasteiger partial charge in [0.25, 0.3) is 16.0 Å². The van der Waals surface area contributed by atoms with Crippen molar-refractivity contribution < 1.29 is 31.4 Å². The van der Waals surface area contributed by atoms with Crippen molar-refractivity contribution in [1.29, 1.82) is 0 Å². The van der Waals surface area contributed by atoms with Gasteiger partial charge in [0.15, 0.2) is 0 Å². The van der Waals surface area contributed by atoms with Crippen LogP contribution in [0.2, 0.25) is 5.02 Å². The molecule has 258 valence electrons. The molecule has 1 spiro atoms. The predicted octanol–water partition coefficient (Wildman–Crippen LogP) is 5.12. The second-order valence-corrected chi connectivity index (χ2v) is 19.0. The molecule has 1 amide bonds. The third kappa shape index (κ3) is 7.06. The summed E-state index contributed by atoms with van der Waals surface area (Å²) in [6.45, 7) is 5.15. The van der Waals surface area contributed by atoms with Crippen LogP contribution in [0.25, 0.3) is 0 Å². The highest BCUT2D eigenvalue weighted by atomic mass is 35.5. The van der Waals surface area contributed by atoms with Gasteiger partial charge in [-0.15, -0.1) is 0 Å². The van der Waals surface area contributed by atoms with Gasteiger partial charge in [0.1, 0.15) is 5.75 Å². The van der Waals surface area contributed by atoms with Crippen LogP contribution in [0.5, 0.6) is 5.75 Å². The smallest absolute Gasteiger partial charge is 0.264 e. The molecule has 2 heterocycles. The number of nitrogens with zero attached hydrogens (tertiary/aromatic N) is 1. The molecule has 4 aliphatic rings. The third-order valence-electron chi connectivity index (χ3n) is 11.3. The second-order valence-electron chi connectivity index (χ2n) is 14.5. The van der Waals surface area contributed by atoms with Crippen LogP contribution in [0.4, 0.5) is 5.69 Å². The van der Waals surface area contributed by atoms with Crippen LogP contribution in [0.3, 0.4) is 0 Å². The summed E-state index contributed by atoms with van der Waals surface area (Å²) in [5.74, 6) is 3.95. The number of carbonyl (C=O) groups is 1. The lowest BCUT2D eigenvalue weighted by Gasteiger charge is -2.50. The molecule has 1 unspecified atom stereocenters. The van der Waals surface area contributed by atoms with Crippen LogP contribution in [-0.2, 0) is 35.8 Å². The molecule has 2 bridgehead atoms. The van der Waals surface area contributed by atoms with Crippen molar-refractivity contribution in [2.45, 2.75) is 81.5 Å². The lowest BCUT2D eigenvalue weighted by atomic mass is 9.63. The average molecular weight is 707 g/mol. The number of hydrogen-bond donors (Lipinski definition) is 2. The first kappa shape index (κ1) is 34.5. The van der Waals surface area contributed by atoms with E-state index in [2.05, 4.69) is 27.6 Å². The van der Waals surface area contributed by atoms with Gasteiger partial charge < -0.3 is 14.7 Å². The minimum absolute atomic E-state index is 0.0553. The Balaban J connectivity index is 1.43. The maximum absolute atomic E-state index is 13.8. The highest BCUT2D eigenvalue weighted by molar-refractivity contribution is 7.99. The zero-order chi connectivity index (χ0) is 33.8. The van der Waals surface area contributed by atoms with Gasteiger partial charge in [0.2, 0.25) is 0 Å². The highest BCUT2D eigenvalue weighted by Crippen LogP contribution is 2.49. The number of ether oxygens (including phenoxy) is 1. The Morgan fingerprint density at radius 2 is 1.94 bits per heavy atom. The molecule has 0 aromatic heterocycles. The molecule has 2 aliphatic carbocycles. The molecule has 1 fully saturated rings. The minimum Gasteiger partial charge on any atom is -0.490 e. The van der Waals surface area contributed by atoms with E-state index in [0.717, 1.165) is 44.0 Å². The summed E-state index contributed by atoms with van der Waals surface area (Å²) in [5.41, 5.74) is 1.88. The summed E-state index contributed by atoms with van der Waals surface area (Å²) >= 11 is 6.42. The molecular weight excluding hydrogens is 660 g/mol. The second kappa shape index (κ2) is 12.9. The summed E-state index contributed by atoms with van der Waals surface area (Å²) in [5, 5.41) is 12.4. The van der Waals surface area contributed by atoms with E-state index in [4.69, 9.17) is 20.5 Å². The van der Waals surface area contributed by atoms with Gasteiger partial charge in [-0.1, -0.05) is 31.0 Å². The van der Waals surface area contributed by atoms with Crippen molar-refractivity contribution in [3.8, 4) is 5.75 Å². The van der Waals surface area contributed by atoms with Gasteiger partial charge in [-0.3, -0.25) is 13.7 Å². The molecule has 7 atom stereocenters. The van der Waals surface area contributed by atoms with Crippen molar-refractivity contribution in [2.24, 2.45) is 17.8 Å². The first-order chi connectivity index (χ1) is 22.1. The lowest BCUT2D eigenvalue weighted by molar-refractivity contribution is -0.111. The Hall–Kier alpha value is -2.31. The molecule has 6 rings (SSSR count). The van der Waals surface area contributed by atoms with Gasteiger partial charge in [0, 0.05) is 34.3 Å². The number of hydrogen-bond acceptors (Lipinski definition) is 8. The number of amides is 1. The number of halogens is 1. The third-order valence-corrected chi connectivity index (χ3v) is 14.3. The molecule has 2 aromatic carbocycles. The SMILES string of the molecule is C=S1(=O)NC(=O)c2ccc3c(c2)N(C[C@@H]2CC[C@H]2[C@@](O)(COS(C)(=O)=O)CCC[C@H](C)[C@H]1C)C[C@@]1(CCCc2cc(Cl)ccc21)CO3. The summed E-state index contributed by atoms with van der Waals surface area (Å²) in [7, 11) is -6.80. The van der Waals surface area contributed by atoms with Gasteiger partial charge in [-0.25, -0.2) is 4.21 Å². The van der Waals surface area contributed by atoms with E-state index in [1.165, 1.54) is 11.1 Å². The number of fused-ring (bicyclic) bond motifs is 4. The lowest BCUT2D eigenvalue weighted by Crippen LogP contribution is -2.55. The van der Waals surface area contributed by atoms with E-state index in [0.29, 0.717) is 55.3 Å². The first-order valence-corrected chi connectivity index (χ1v) is 20.6. The van der Waals surface area contributed by atoms with Crippen molar-refractivity contribution in [3.63, 3.8) is 0 Å². The molecule has 2 aromatic rings. The van der Waals surface area contributed by atoms with E-state index in [1.807, 2.05) is 32.0 Å². The summed E-state index contributed by atoms with van der Waals surface area (Å²) in [6.07, 6.45) is 7.00. The van der Waals surface area contributed by atoms with Crippen LogP contribution in [0.15, 0.2) is 36.4 Å². The number of aryl methyl sites for hydroxylation is 1. The van der Waals surface area contributed by atoms with Gasteiger partial charge in [-0.2, -0.15) is 8.42 Å². The zero-order valence-electron chi connectivity index (χ0n) is 27.5. The molecule has 9 nitrogen and oxygen atoms in total. The van der Waals surface area contributed by atoms with E-state index in [9.17, 15) is 22.5 Å². The van der Waals surface area contributed by atoms with Crippen molar-refractivity contribution >= 4 is 48.9 Å². The molecule has 2 aliphatic heterocycles. The Kier molecular flexibility index (Phi) is 9.45. The Labute approximate surface area is 284 Å². The van der Waals surface area contributed by atoms with E-state index in [-0.39, 0.29) is 29.8 Å². The van der Waals surface area contributed by atoms with Gasteiger partial charge in [-0.05, 0) is 117 Å². The number of aliphatic hydroxyl groups is 1. The molecule has 2 N–H and O–H groups in total. The average Bonchev–Trinajstić information content (AvgIpc) is 3.13. The fourth-order valence-corrected chi connectivity index (χ4v) is 10.4. The van der Waals surface area contributed by atoms with Crippen molar-refractivity contribution in [2.75, 3.05) is 37.5 Å². The fourth-order valence-electron chi connectivity index (χ4n) is 8.26. The molecule has 0 saturated heterocycles. The van der Waals surface area contributed by atoms with Gasteiger partial charge >= 0.3 is 0 Å². The van der Waals surface area contributed by atoms with E-state index in [1.54, 1.807) is 6.07 Å². The van der Waals surface area contributed by atoms with Gasteiger partial charge in [0.05, 0.1) is 40.5 Å². The van der Waals surface area contributed by atoms with Crippen LogP contribution >= 0.6 is 11.6 Å². The molecular formula is C35H47ClN2O7S2. The summed E-state index contributed by atoms with van der Waals surface area (Å²) in [6, 6.07) is 11.4. The van der Waals surface area contributed by atoms with E-state index < -0.39 is 36.6 Å². The Bertz CT molecular complexity index is 1750. The zero-order valence-corrected chi connectivity index (χ0v) is 29.9. The predicted molar refractivity (Wildman–Crippen MR) is 187 cm³/mol. The summed E-state index contributed by atoms with van der Waals surface area (Å²) in [4.78, 5) is 15.9. The highest BCUT2D eigenvalue weighted by Gasteiger charge is 2.49. The van der Waals surface area contributed by atoms with Crippen LogP contribution in [0, 0.1) is 17.8 Å². The Morgan fingerprint density at radius 1 is 1.15 bits per heavy atom. The number of anilines is 1. The number of nitrogens with one attached hydrogen (secondary N) is 1. The molecule has 0 radical (unpaired) electrons. The molecule has 1 saturated carbocycles. The number of carbonyl (C=O) groups excluding carboxylic acids is 1. The number of benzene rings is 2. The van der Waals surface area contributed by atoms with Crippen LogP contribution in [0.1, 0.15) is 80.3 Å². The largest absolute Gasteiger partial charge is 0.490 e. The molecule has 47 heavy (non-hydrogen) atoms. The number of rotatable bonds is 3. The Morgan fingerprint density at radius 3 is 2.66 bits per heavy atom. The van der Waals surface area contributed by atoms with E-state index >= 15 is 0 Å². The minimum atomic E-state index is -3.77. The fraction of sp³-hybridized carbons (Fsp3) is 0.600. The van der Waals surface area contributed by atoms with Crippen molar-refractivity contribution in [1.82, 2.24) is 4.72 Å². The summed E-state index contributed by atoms with van der Waals surface area (Å²) < 4.78 is 52.6. The van der Waals surface area contributed by atoms with Crippen LogP contribution in [-0.4, -0.2) is 72.9 Å². The quantitative estimate of drug-likeness (QED) is 0.334. The first-order valence-electron chi connectivity index (χ1n) is 16.6.